The van der Waals surface area contributed by atoms with E-state index in [4.69, 9.17) is 9.47 Å². The van der Waals surface area contributed by atoms with Crippen molar-refractivity contribution in [2.45, 2.75) is 52.4 Å². The molecule has 0 saturated heterocycles. The fraction of sp³-hybridized carbons (Fsp3) is 0.632. The molecule has 0 fully saturated rings. The minimum absolute atomic E-state index is 0.178. The molecule has 0 bridgehead atoms. The van der Waals surface area contributed by atoms with Gasteiger partial charge in [0.15, 0.2) is 0 Å². The average molecular weight is 306 g/mol. The maximum atomic E-state index is 12.0. The molecule has 0 aromatic heterocycles. The molecule has 1 aromatic carbocycles. The van der Waals surface area contributed by atoms with Crippen LogP contribution in [0.15, 0.2) is 24.3 Å². The van der Waals surface area contributed by atoms with Gasteiger partial charge in [0.05, 0.1) is 7.11 Å². The number of aryl methyl sites for hydroxylation is 1. The molecule has 1 unspecified atom stereocenters. The van der Waals surface area contributed by atoms with Gasteiger partial charge in [-0.15, -0.1) is 0 Å². The van der Waals surface area contributed by atoms with E-state index in [9.17, 15) is 4.79 Å². The molecule has 0 aliphatic heterocycles. The van der Waals surface area contributed by atoms with Crippen molar-refractivity contribution in [2.75, 3.05) is 20.3 Å². The summed E-state index contributed by atoms with van der Waals surface area (Å²) in [6.45, 7) is 5.46. The predicted molar refractivity (Wildman–Crippen MR) is 90.4 cm³/mol. The minimum Gasteiger partial charge on any atom is -0.497 e. The number of benzene rings is 1. The lowest BCUT2D eigenvalue weighted by molar-refractivity contribution is -0.122. The summed E-state index contributed by atoms with van der Waals surface area (Å²) in [4.78, 5) is 12.0. The van der Waals surface area contributed by atoms with Crippen LogP contribution in [0.3, 0.4) is 0 Å². The minimum atomic E-state index is 0.178. The van der Waals surface area contributed by atoms with Crippen molar-refractivity contribution >= 4 is 5.78 Å². The molecule has 0 N–H and O–H groups in total. The first-order valence-corrected chi connectivity index (χ1v) is 8.40. The Morgan fingerprint density at radius 1 is 1.14 bits per heavy atom. The molecule has 22 heavy (non-hydrogen) atoms. The van der Waals surface area contributed by atoms with E-state index >= 15 is 0 Å². The quantitative estimate of drug-likeness (QED) is 0.536. The van der Waals surface area contributed by atoms with Crippen molar-refractivity contribution in [3.63, 3.8) is 0 Å². The summed E-state index contributed by atoms with van der Waals surface area (Å²) in [6, 6.07) is 8.22. The highest BCUT2D eigenvalue weighted by molar-refractivity contribution is 5.80. The molecule has 0 spiro atoms. The SMILES string of the molecule is CCOCCCC(=O)C(C)CCCCc1ccc(OC)cc1. The van der Waals surface area contributed by atoms with Gasteiger partial charge in [-0.05, 0) is 50.3 Å². The highest BCUT2D eigenvalue weighted by Gasteiger charge is 2.11. The number of ketones is 1. The van der Waals surface area contributed by atoms with Crippen molar-refractivity contribution in [1.29, 1.82) is 0 Å². The Morgan fingerprint density at radius 2 is 1.86 bits per heavy atom. The summed E-state index contributed by atoms with van der Waals surface area (Å²) in [5, 5.41) is 0. The van der Waals surface area contributed by atoms with Crippen LogP contribution in [0.25, 0.3) is 0 Å². The largest absolute Gasteiger partial charge is 0.497 e. The van der Waals surface area contributed by atoms with Gasteiger partial charge in [-0.25, -0.2) is 0 Å². The molecule has 3 heteroatoms. The highest BCUT2D eigenvalue weighted by atomic mass is 16.5. The van der Waals surface area contributed by atoms with E-state index in [0.717, 1.165) is 44.5 Å². The molecule has 0 saturated carbocycles. The van der Waals surface area contributed by atoms with Crippen LogP contribution in [0.4, 0.5) is 0 Å². The number of carbonyl (C=O) groups excluding carboxylic acids is 1. The van der Waals surface area contributed by atoms with Crippen LogP contribution in [0.2, 0.25) is 0 Å². The average Bonchev–Trinajstić information content (AvgIpc) is 2.55. The van der Waals surface area contributed by atoms with Crippen LogP contribution >= 0.6 is 0 Å². The zero-order valence-corrected chi connectivity index (χ0v) is 14.3. The van der Waals surface area contributed by atoms with Gasteiger partial charge in [-0.2, -0.15) is 0 Å². The van der Waals surface area contributed by atoms with E-state index < -0.39 is 0 Å². The number of rotatable bonds is 12. The Hall–Kier alpha value is -1.35. The third kappa shape index (κ3) is 7.60. The third-order valence-electron chi connectivity index (χ3n) is 3.98. The van der Waals surface area contributed by atoms with E-state index in [2.05, 4.69) is 19.1 Å². The monoisotopic (exact) mass is 306 g/mol. The summed E-state index contributed by atoms with van der Waals surface area (Å²) in [5.41, 5.74) is 1.33. The number of carbonyl (C=O) groups is 1. The van der Waals surface area contributed by atoms with Gasteiger partial charge in [0.1, 0.15) is 11.5 Å². The molecule has 0 radical (unpaired) electrons. The molecule has 3 nitrogen and oxygen atoms in total. The topological polar surface area (TPSA) is 35.5 Å². The number of Topliss-reactive ketones (excluding diaryl/α,β-unsaturated/α-hetero) is 1. The molecule has 124 valence electrons. The molecule has 0 aliphatic rings. The Morgan fingerprint density at radius 3 is 2.50 bits per heavy atom. The van der Waals surface area contributed by atoms with Crippen LogP contribution in [-0.2, 0) is 16.0 Å². The molecule has 0 amide bonds. The molecular weight excluding hydrogens is 276 g/mol. The fourth-order valence-electron chi connectivity index (χ4n) is 2.47. The van der Waals surface area contributed by atoms with Gasteiger partial charge in [0, 0.05) is 25.6 Å². The van der Waals surface area contributed by atoms with Crippen molar-refractivity contribution in [3.05, 3.63) is 29.8 Å². The van der Waals surface area contributed by atoms with Crippen LogP contribution in [0.5, 0.6) is 5.75 Å². The number of unbranched alkanes of at least 4 members (excludes halogenated alkanes) is 1. The predicted octanol–water partition coefficient (Wildman–Crippen LogP) is 4.43. The maximum Gasteiger partial charge on any atom is 0.135 e. The Kier molecular flexibility index (Phi) is 9.56. The first-order valence-electron chi connectivity index (χ1n) is 8.40. The summed E-state index contributed by atoms with van der Waals surface area (Å²) >= 11 is 0. The molecule has 0 heterocycles. The number of ether oxygens (including phenoxy) is 2. The molecular formula is C19H30O3. The van der Waals surface area contributed by atoms with E-state index in [1.807, 2.05) is 19.1 Å². The standard InChI is InChI=1S/C19H30O3/c1-4-22-15-7-10-19(20)16(2)8-5-6-9-17-11-13-18(21-3)14-12-17/h11-14,16H,4-10,15H2,1-3H3. The van der Waals surface area contributed by atoms with Crippen molar-refractivity contribution in [1.82, 2.24) is 0 Å². The van der Waals surface area contributed by atoms with Crippen LogP contribution in [0.1, 0.15) is 51.5 Å². The molecule has 1 atom stereocenters. The second kappa shape index (κ2) is 11.2. The molecule has 0 aliphatic carbocycles. The summed E-state index contributed by atoms with van der Waals surface area (Å²) in [5.74, 6) is 1.46. The smallest absolute Gasteiger partial charge is 0.135 e. The number of methoxy groups -OCH3 is 1. The van der Waals surface area contributed by atoms with Crippen molar-refractivity contribution in [2.24, 2.45) is 5.92 Å². The van der Waals surface area contributed by atoms with Crippen molar-refractivity contribution < 1.29 is 14.3 Å². The number of hydrogen-bond donors (Lipinski definition) is 0. The number of hydrogen-bond acceptors (Lipinski definition) is 3. The summed E-state index contributed by atoms with van der Waals surface area (Å²) in [7, 11) is 1.68. The zero-order chi connectivity index (χ0) is 16.2. The van der Waals surface area contributed by atoms with Crippen LogP contribution in [0, 0.1) is 5.92 Å². The Bertz CT molecular complexity index is 411. The van der Waals surface area contributed by atoms with Gasteiger partial charge < -0.3 is 9.47 Å². The normalized spacial score (nSPS) is 12.1. The summed E-state index contributed by atoms with van der Waals surface area (Å²) < 4.78 is 10.4. The van der Waals surface area contributed by atoms with Crippen LogP contribution in [-0.4, -0.2) is 26.1 Å². The second-order valence-corrected chi connectivity index (χ2v) is 5.76. The van der Waals surface area contributed by atoms with E-state index in [-0.39, 0.29) is 5.92 Å². The van der Waals surface area contributed by atoms with E-state index in [1.165, 1.54) is 5.56 Å². The molecule has 1 rings (SSSR count). The molecule has 1 aromatic rings. The lowest BCUT2D eigenvalue weighted by atomic mass is 9.95. The van der Waals surface area contributed by atoms with Crippen molar-refractivity contribution in [3.8, 4) is 5.75 Å². The Balaban J connectivity index is 2.13. The highest BCUT2D eigenvalue weighted by Crippen LogP contribution is 2.16. The third-order valence-corrected chi connectivity index (χ3v) is 3.98. The van der Waals surface area contributed by atoms with Crippen LogP contribution < -0.4 is 4.74 Å². The van der Waals surface area contributed by atoms with Gasteiger partial charge in [0.2, 0.25) is 0 Å². The lowest BCUT2D eigenvalue weighted by Gasteiger charge is -2.10. The van der Waals surface area contributed by atoms with Gasteiger partial charge in [-0.1, -0.05) is 25.5 Å². The zero-order valence-electron chi connectivity index (χ0n) is 14.3. The summed E-state index contributed by atoms with van der Waals surface area (Å²) in [6.07, 6.45) is 5.79. The van der Waals surface area contributed by atoms with Gasteiger partial charge in [-0.3, -0.25) is 4.79 Å². The maximum absolute atomic E-state index is 12.0. The fourth-order valence-corrected chi connectivity index (χ4v) is 2.47. The lowest BCUT2D eigenvalue weighted by Crippen LogP contribution is -2.12. The Labute approximate surface area is 135 Å². The first-order chi connectivity index (χ1) is 10.7. The second-order valence-electron chi connectivity index (χ2n) is 5.76. The van der Waals surface area contributed by atoms with Gasteiger partial charge in [0.25, 0.3) is 0 Å². The van der Waals surface area contributed by atoms with E-state index in [0.29, 0.717) is 18.8 Å². The van der Waals surface area contributed by atoms with E-state index in [1.54, 1.807) is 7.11 Å². The first kappa shape index (κ1) is 18.7. The van der Waals surface area contributed by atoms with Gasteiger partial charge >= 0.3 is 0 Å².